The summed E-state index contributed by atoms with van der Waals surface area (Å²) in [4.78, 5) is 12.7. The zero-order valence-electron chi connectivity index (χ0n) is 20.4. The summed E-state index contributed by atoms with van der Waals surface area (Å²) < 4.78 is 28.4. The Labute approximate surface area is 202 Å². The number of benzene rings is 3. The second kappa shape index (κ2) is 9.81. The maximum absolute atomic E-state index is 12.9. The summed E-state index contributed by atoms with van der Waals surface area (Å²) in [7, 11) is -3.86. The van der Waals surface area contributed by atoms with E-state index in [1.54, 1.807) is 19.1 Å². The highest BCUT2D eigenvalue weighted by Gasteiger charge is 2.18. The highest BCUT2D eigenvalue weighted by molar-refractivity contribution is 7.92. The molecule has 0 aliphatic heterocycles. The first-order valence-corrected chi connectivity index (χ1v) is 12.5. The van der Waals surface area contributed by atoms with Crippen molar-refractivity contribution < 1.29 is 13.2 Å². The molecule has 0 aliphatic rings. The average molecular weight is 478 g/mol. The molecule has 0 saturated carbocycles. The monoisotopic (exact) mass is 477 g/mol. The number of hydrazone groups is 1. The Bertz CT molecular complexity index is 1340. The number of carbonyl (C=O) groups excluding carboxylic acids is 1. The van der Waals surface area contributed by atoms with Gasteiger partial charge >= 0.3 is 0 Å². The van der Waals surface area contributed by atoms with Gasteiger partial charge in [0.05, 0.1) is 16.3 Å². The van der Waals surface area contributed by atoms with Gasteiger partial charge in [0.15, 0.2) is 0 Å². The van der Waals surface area contributed by atoms with Gasteiger partial charge in [-0.25, -0.2) is 13.8 Å². The lowest BCUT2D eigenvalue weighted by atomic mass is 9.86. The van der Waals surface area contributed by atoms with Gasteiger partial charge in [-0.3, -0.25) is 9.52 Å². The molecule has 1 amide bonds. The Balaban J connectivity index is 1.75. The third-order valence-corrected chi connectivity index (χ3v) is 6.89. The number of hydrogen-bond acceptors (Lipinski definition) is 4. The molecule has 0 spiro atoms. The van der Waals surface area contributed by atoms with Gasteiger partial charge in [-0.15, -0.1) is 0 Å². The Morgan fingerprint density at radius 2 is 1.56 bits per heavy atom. The summed E-state index contributed by atoms with van der Waals surface area (Å²) >= 11 is 0. The molecule has 3 aromatic rings. The van der Waals surface area contributed by atoms with Crippen molar-refractivity contribution in [2.24, 2.45) is 5.10 Å². The molecule has 0 fully saturated rings. The van der Waals surface area contributed by atoms with E-state index in [4.69, 9.17) is 0 Å². The summed E-state index contributed by atoms with van der Waals surface area (Å²) in [5.41, 5.74) is 7.87. The average Bonchev–Trinajstić information content (AvgIpc) is 2.78. The lowest BCUT2D eigenvalue weighted by molar-refractivity contribution is 0.0954. The van der Waals surface area contributed by atoms with E-state index in [0.29, 0.717) is 11.4 Å². The molecule has 3 rings (SSSR count). The first-order chi connectivity index (χ1) is 15.9. The van der Waals surface area contributed by atoms with Crippen molar-refractivity contribution in [2.45, 2.75) is 51.9 Å². The summed E-state index contributed by atoms with van der Waals surface area (Å²) in [5.74, 6) is -0.491. The van der Waals surface area contributed by atoms with E-state index >= 15 is 0 Å². The van der Waals surface area contributed by atoms with Crippen molar-refractivity contribution in [1.29, 1.82) is 0 Å². The van der Waals surface area contributed by atoms with E-state index in [-0.39, 0.29) is 15.9 Å². The predicted molar refractivity (Wildman–Crippen MR) is 138 cm³/mol. The van der Waals surface area contributed by atoms with Crippen molar-refractivity contribution in [3.8, 4) is 0 Å². The lowest BCUT2D eigenvalue weighted by Crippen LogP contribution is -2.20. The fraction of sp³-hybridized carbons (Fsp3) is 0.259. The normalized spacial score (nSPS) is 12.4. The van der Waals surface area contributed by atoms with Crippen molar-refractivity contribution in [1.82, 2.24) is 5.43 Å². The molecule has 2 N–H and O–H groups in total. The second-order valence-electron chi connectivity index (χ2n) is 9.42. The van der Waals surface area contributed by atoms with Crippen molar-refractivity contribution in [3.05, 3.63) is 94.5 Å². The smallest absolute Gasteiger partial charge is 0.271 e. The molecule has 0 heterocycles. The minimum atomic E-state index is -3.86. The van der Waals surface area contributed by atoms with Crippen LogP contribution in [0.3, 0.4) is 0 Å². The number of sulfonamides is 1. The van der Waals surface area contributed by atoms with Crippen LogP contribution in [0.25, 0.3) is 0 Å². The van der Waals surface area contributed by atoms with E-state index in [1.165, 1.54) is 23.8 Å². The first kappa shape index (κ1) is 25.2. The zero-order chi connectivity index (χ0) is 25.1. The molecule has 0 atom stereocenters. The SMILES string of the molecule is CC(=NNC(=O)c1cccc(S(=O)(=O)Nc2ccc(C)cc2C)c1)c1ccc(C(C)(C)C)cc1. The number of anilines is 1. The molecule has 0 aromatic heterocycles. The molecule has 0 radical (unpaired) electrons. The van der Waals surface area contributed by atoms with Gasteiger partial charge in [0.25, 0.3) is 15.9 Å². The number of rotatable bonds is 6. The molecule has 3 aromatic carbocycles. The molecule has 0 saturated heterocycles. The first-order valence-electron chi connectivity index (χ1n) is 11.0. The number of nitrogens with zero attached hydrogens (tertiary/aromatic N) is 1. The van der Waals surface area contributed by atoms with Crippen molar-refractivity contribution in [2.75, 3.05) is 4.72 Å². The van der Waals surface area contributed by atoms with Gasteiger partial charge in [0, 0.05) is 5.56 Å². The molecular weight excluding hydrogens is 446 g/mol. The number of amides is 1. The Hall–Kier alpha value is -3.45. The van der Waals surface area contributed by atoms with Gasteiger partial charge < -0.3 is 0 Å². The van der Waals surface area contributed by atoms with Crippen LogP contribution in [0.15, 0.2) is 76.7 Å². The van der Waals surface area contributed by atoms with Crippen LogP contribution in [-0.2, 0) is 15.4 Å². The van der Waals surface area contributed by atoms with Crippen molar-refractivity contribution >= 4 is 27.3 Å². The van der Waals surface area contributed by atoms with Crippen LogP contribution in [0.4, 0.5) is 5.69 Å². The molecule has 0 aliphatic carbocycles. The number of nitrogens with one attached hydrogen (secondary N) is 2. The van der Waals surface area contributed by atoms with Gasteiger partial charge in [-0.2, -0.15) is 5.10 Å². The largest absolute Gasteiger partial charge is 0.279 e. The molecule has 0 bridgehead atoms. The van der Waals surface area contributed by atoms with E-state index in [1.807, 2.05) is 50.2 Å². The minimum Gasteiger partial charge on any atom is -0.279 e. The Kier molecular flexibility index (Phi) is 7.26. The topological polar surface area (TPSA) is 87.6 Å². The summed E-state index contributed by atoms with van der Waals surface area (Å²) in [6.45, 7) is 12.0. The van der Waals surface area contributed by atoms with Crippen LogP contribution in [-0.4, -0.2) is 20.0 Å². The van der Waals surface area contributed by atoms with Crippen LogP contribution in [0.1, 0.15) is 60.3 Å². The standard InChI is InChI=1S/C27H31N3O3S/c1-18-10-15-25(19(2)16-18)30-34(32,33)24-9-7-8-22(17-24)26(31)29-28-20(3)21-11-13-23(14-12-21)27(4,5)6/h7-17,30H,1-6H3,(H,29,31). The second-order valence-corrected chi connectivity index (χ2v) is 11.1. The highest BCUT2D eigenvalue weighted by atomic mass is 32.2. The molecule has 178 valence electrons. The maximum atomic E-state index is 12.9. The quantitative estimate of drug-likeness (QED) is 0.360. The van der Waals surface area contributed by atoms with Gasteiger partial charge in [-0.1, -0.05) is 68.8 Å². The van der Waals surface area contributed by atoms with E-state index in [9.17, 15) is 13.2 Å². The fourth-order valence-electron chi connectivity index (χ4n) is 3.41. The fourth-order valence-corrected chi connectivity index (χ4v) is 4.59. The molecule has 0 unspecified atom stereocenters. The predicted octanol–water partition coefficient (Wildman–Crippen LogP) is 5.56. The van der Waals surface area contributed by atoms with E-state index in [2.05, 4.69) is 36.0 Å². The van der Waals surface area contributed by atoms with E-state index in [0.717, 1.165) is 16.7 Å². The minimum absolute atomic E-state index is 0.00130. The number of carbonyl (C=O) groups is 1. The van der Waals surface area contributed by atoms with Crippen LogP contribution in [0, 0.1) is 13.8 Å². The molecule has 6 nitrogen and oxygen atoms in total. The highest BCUT2D eigenvalue weighted by Crippen LogP contribution is 2.23. The van der Waals surface area contributed by atoms with Crippen LogP contribution < -0.4 is 10.1 Å². The van der Waals surface area contributed by atoms with Gasteiger partial charge in [0.2, 0.25) is 0 Å². The summed E-state index contributed by atoms with van der Waals surface area (Å²) in [5, 5.41) is 4.19. The van der Waals surface area contributed by atoms with Crippen LogP contribution in [0.5, 0.6) is 0 Å². The van der Waals surface area contributed by atoms with E-state index < -0.39 is 15.9 Å². The Morgan fingerprint density at radius 1 is 0.882 bits per heavy atom. The molecular formula is C27H31N3O3S. The Morgan fingerprint density at radius 3 is 2.18 bits per heavy atom. The lowest BCUT2D eigenvalue weighted by Gasteiger charge is -2.19. The molecule has 34 heavy (non-hydrogen) atoms. The van der Waals surface area contributed by atoms with Gasteiger partial charge in [-0.05, 0) is 67.1 Å². The third-order valence-electron chi connectivity index (χ3n) is 5.53. The van der Waals surface area contributed by atoms with Crippen molar-refractivity contribution in [3.63, 3.8) is 0 Å². The third kappa shape index (κ3) is 6.11. The maximum Gasteiger partial charge on any atom is 0.271 e. The number of aryl methyl sites for hydroxylation is 2. The van der Waals surface area contributed by atoms with Crippen LogP contribution >= 0.6 is 0 Å². The zero-order valence-corrected chi connectivity index (χ0v) is 21.2. The molecule has 7 heteroatoms. The summed E-state index contributed by atoms with van der Waals surface area (Å²) in [6, 6.07) is 19.4. The van der Waals surface area contributed by atoms with Crippen LogP contribution in [0.2, 0.25) is 0 Å². The number of hydrogen-bond donors (Lipinski definition) is 2. The van der Waals surface area contributed by atoms with Gasteiger partial charge in [0.1, 0.15) is 0 Å². The summed E-state index contributed by atoms with van der Waals surface area (Å²) in [6.07, 6.45) is 0.